The Balaban J connectivity index is 2.36. The van der Waals surface area contributed by atoms with E-state index in [9.17, 15) is 5.11 Å². The summed E-state index contributed by atoms with van der Waals surface area (Å²) in [5.74, 6) is 0.443. The molecule has 0 spiro atoms. The zero-order chi connectivity index (χ0) is 8.10. The molecule has 1 unspecified atom stereocenters. The summed E-state index contributed by atoms with van der Waals surface area (Å²) in [5.41, 5.74) is 0. The molecule has 2 N–H and O–H groups in total. The van der Waals surface area contributed by atoms with E-state index in [1.807, 2.05) is 6.92 Å². The van der Waals surface area contributed by atoms with Gasteiger partial charge in [-0.3, -0.25) is 5.10 Å². The summed E-state index contributed by atoms with van der Waals surface area (Å²) >= 11 is 0. The molecular weight excluding hydrogens is 146 g/mol. The number of H-pyrrole nitrogens is 1. The molecule has 0 aromatic carbocycles. The number of aliphatic hydroxyl groups excluding tert-OH is 1. The van der Waals surface area contributed by atoms with Gasteiger partial charge in [0.1, 0.15) is 12.4 Å². The fraction of sp³-hybridized carbons (Fsp3) is 0.667. The molecule has 0 fully saturated rings. The number of nitrogens with zero attached hydrogens (tertiary/aromatic N) is 2. The summed E-state index contributed by atoms with van der Waals surface area (Å²) in [6.45, 7) is 2.71. The Labute approximate surface area is 64.4 Å². The van der Waals surface area contributed by atoms with Gasteiger partial charge in [0.05, 0.1) is 6.61 Å². The Morgan fingerprint density at radius 2 is 2.64 bits per heavy atom. The first-order valence-corrected chi connectivity index (χ1v) is 3.45. The number of nitrogens with one attached hydrogen (secondary N) is 1. The van der Waals surface area contributed by atoms with Crippen LogP contribution in [0.25, 0.3) is 0 Å². The molecule has 5 heteroatoms. The molecule has 0 saturated carbocycles. The molecule has 0 saturated heterocycles. The monoisotopic (exact) mass is 157 g/mol. The van der Waals surface area contributed by atoms with E-state index in [0.717, 1.165) is 0 Å². The summed E-state index contributed by atoms with van der Waals surface area (Å²) in [4.78, 5) is 3.77. The van der Waals surface area contributed by atoms with Crippen molar-refractivity contribution in [3.05, 3.63) is 12.2 Å². The molecule has 0 radical (unpaired) electrons. The van der Waals surface area contributed by atoms with Gasteiger partial charge in [-0.2, -0.15) is 5.10 Å². The number of aromatic nitrogens is 3. The molecule has 5 nitrogen and oxygen atoms in total. The molecular formula is C6H11N3O2. The van der Waals surface area contributed by atoms with Crippen molar-refractivity contribution in [2.24, 2.45) is 0 Å². The van der Waals surface area contributed by atoms with Gasteiger partial charge in [0, 0.05) is 6.61 Å². The highest BCUT2D eigenvalue weighted by Crippen LogP contribution is 2.04. The van der Waals surface area contributed by atoms with Crippen LogP contribution >= 0.6 is 0 Å². The second-order valence-corrected chi connectivity index (χ2v) is 2.05. The number of rotatable bonds is 4. The van der Waals surface area contributed by atoms with Crippen LogP contribution in [0.4, 0.5) is 0 Å². The molecule has 62 valence electrons. The second-order valence-electron chi connectivity index (χ2n) is 2.05. The maximum Gasteiger partial charge on any atom is 0.155 e. The number of aliphatic hydroxyl groups is 1. The average Bonchev–Trinajstić information content (AvgIpc) is 2.52. The molecule has 11 heavy (non-hydrogen) atoms. The lowest BCUT2D eigenvalue weighted by atomic mass is 10.4. The molecule has 0 bridgehead atoms. The van der Waals surface area contributed by atoms with Crippen molar-refractivity contribution in [2.75, 3.05) is 13.2 Å². The van der Waals surface area contributed by atoms with Gasteiger partial charge in [-0.25, -0.2) is 4.98 Å². The van der Waals surface area contributed by atoms with Crippen molar-refractivity contribution < 1.29 is 9.84 Å². The van der Waals surface area contributed by atoms with Crippen molar-refractivity contribution in [1.82, 2.24) is 15.2 Å². The molecule has 0 aliphatic carbocycles. The predicted octanol–water partition coefficient (Wildman–Crippen LogP) is -0.125. The lowest BCUT2D eigenvalue weighted by Gasteiger charge is -2.05. The lowest BCUT2D eigenvalue weighted by Crippen LogP contribution is -2.08. The Hall–Kier alpha value is -0.940. The Morgan fingerprint density at radius 1 is 1.82 bits per heavy atom. The predicted molar refractivity (Wildman–Crippen MR) is 37.8 cm³/mol. The van der Waals surface area contributed by atoms with E-state index in [2.05, 4.69) is 15.2 Å². The maximum atomic E-state index is 9.28. The van der Waals surface area contributed by atoms with Crippen molar-refractivity contribution >= 4 is 0 Å². The quantitative estimate of drug-likeness (QED) is 0.639. The number of aromatic amines is 1. The topological polar surface area (TPSA) is 71.0 Å². The average molecular weight is 157 g/mol. The van der Waals surface area contributed by atoms with E-state index in [1.165, 1.54) is 6.33 Å². The van der Waals surface area contributed by atoms with Gasteiger partial charge in [-0.15, -0.1) is 0 Å². The lowest BCUT2D eigenvalue weighted by molar-refractivity contribution is 0.0375. The van der Waals surface area contributed by atoms with Crippen molar-refractivity contribution in [1.29, 1.82) is 0 Å². The van der Waals surface area contributed by atoms with E-state index < -0.39 is 6.10 Å². The molecule has 1 atom stereocenters. The first-order valence-electron chi connectivity index (χ1n) is 3.45. The maximum absolute atomic E-state index is 9.28. The zero-order valence-electron chi connectivity index (χ0n) is 6.32. The number of hydrogen-bond donors (Lipinski definition) is 2. The first-order chi connectivity index (χ1) is 5.34. The van der Waals surface area contributed by atoms with Crippen LogP contribution in [-0.4, -0.2) is 33.5 Å². The van der Waals surface area contributed by atoms with Gasteiger partial charge in [-0.1, -0.05) is 0 Å². The van der Waals surface area contributed by atoms with Gasteiger partial charge in [0.25, 0.3) is 0 Å². The van der Waals surface area contributed by atoms with E-state index >= 15 is 0 Å². The van der Waals surface area contributed by atoms with Crippen molar-refractivity contribution in [3.8, 4) is 0 Å². The molecule has 0 amide bonds. The summed E-state index contributed by atoms with van der Waals surface area (Å²) in [5, 5.41) is 15.4. The van der Waals surface area contributed by atoms with Crippen molar-refractivity contribution in [2.45, 2.75) is 13.0 Å². The highest BCUT2D eigenvalue weighted by atomic mass is 16.5. The molecule has 0 aliphatic rings. The zero-order valence-corrected chi connectivity index (χ0v) is 6.32. The molecule has 1 heterocycles. The summed E-state index contributed by atoms with van der Waals surface area (Å²) in [6, 6.07) is 0. The van der Waals surface area contributed by atoms with Gasteiger partial charge < -0.3 is 9.84 Å². The van der Waals surface area contributed by atoms with Crippen LogP contribution in [0.15, 0.2) is 6.33 Å². The normalized spacial score (nSPS) is 13.3. The Morgan fingerprint density at radius 3 is 3.18 bits per heavy atom. The Kier molecular flexibility index (Phi) is 3.00. The van der Waals surface area contributed by atoms with Crippen molar-refractivity contribution in [3.63, 3.8) is 0 Å². The third kappa shape index (κ3) is 2.28. The minimum atomic E-state index is -0.697. The summed E-state index contributed by atoms with van der Waals surface area (Å²) < 4.78 is 4.98. The molecule has 1 aromatic heterocycles. The number of hydrogen-bond acceptors (Lipinski definition) is 4. The highest BCUT2D eigenvalue weighted by molar-refractivity contribution is 4.85. The van der Waals surface area contributed by atoms with E-state index in [-0.39, 0.29) is 6.61 Å². The number of ether oxygens (including phenoxy) is 1. The third-order valence-corrected chi connectivity index (χ3v) is 1.23. The molecule has 0 aliphatic heterocycles. The van der Waals surface area contributed by atoms with Gasteiger partial charge in [0.15, 0.2) is 5.82 Å². The molecule has 1 aromatic rings. The van der Waals surface area contributed by atoms with Gasteiger partial charge >= 0.3 is 0 Å². The summed E-state index contributed by atoms with van der Waals surface area (Å²) in [7, 11) is 0. The minimum Gasteiger partial charge on any atom is -0.383 e. The standard InChI is InChI=1S/C6H11N3O2/c1-2-11-3-5(10)6-7-4-8-9-6/h4-5,10H,2-3H2,1H3,(H,7,8,9). The van der Waals surface area contributed by atoms with Crippen LogP contribution in [0.3, 0.4) is 0 Å². The third-order valence-electron chi connectivity index (χ3n) is 1.23. The van der Waals surface area contributed by atoms with Gasteiger partial charge in [0.2, 0.25) is 0 Å². The van der Waals surface area contributed by atoms with E-state index in [4.69, 9.17) is 4.74 Å². The van der Waals surface area contributed by atoms with Crippen LogP contribution in [0.2, 0.25) is 0 Å². The van der Waals surface area contributed by atoms with E-state index in [1.54, 1.807) is 0 Å². The summed E-state index contributed by atoms with van der Waals surface area (Å²) in [6.07, 6.45) is 0.655. The van der Waals surface area contributed by atoms with Crippen LogP contribution in [0, 0.1) is 0 Å². The minimum absolute atomic E-state index is 0.256. The fourth-order valence-corrected chi connectivity index (χ4v) is 0.684. The fourth-order valence-electron chi connectivity index (χ4n) is 0.684. The van der Waals surface area contributed by atoms with Crippen LogP contribution in [-0.2, 0) is 4.74 Å². The van der Waals surface area contributed by atoms with Crippen LogP contribution in [0.5, 0.6) is 0 Å². The SMILES string of the molecule is CCOCC(O)c1ncn[nH]1. The van der Waals surface area contributed by atoms with E-state index in [0.29, 0.717) is 12.4 Å². The van der Waals surface area contributed by atoms with Gasteiger partial charge in [-0.05, 0) is 6.92 Å². The molecule has 1 rings (SSSR count). The highest BCUT2D eigenvalue weighted by Gasteiger charge is 2.08. The largest absolute Gasteiger partial charge is 0.383 e. The van der Waals surface area contributed by atoms with Crippen LogP contribution < -0.4 is 0 Å². The van der Waals surface area contributed by atoms with Crippen LogP contribution in [0.1, 0.15) is 18.9 Å². The smallest absolute Gasteiger partial charge is 0.155 e. The first kappa shape index (κ1) is 8.16. The Bertz CT molecular complexity index is 188. The second kappa shape index (κ2) is 4.05.